The van der Waals surface area contributed by atoms with Gasteiger partial charge in [-0.3, -0.25) is 0 Å². The zero-order valence-electron chi connectivity index (χ0n) is 12.6. The van der Waals surface area contributed by atoms with Crippen LogP contribution in [0.5, 0.6) is 0 Å². The van der Waals surface area contributed by atoms with E-state index in [0.717, 1.165) is 17.1 Å². The van der Waals surface area contributed by atoms with Gasteiger partial charge in [-0.25, -0.2) is 9.78 Å². The number of rotatable bonds is 7. The molecule has 1 rings (SSSR count). The number of urea groups is 1. The molecule has 0 aromatic carbocycles. The molecule has 0 fully saturated rings. The van der Waals surface area contributed by atoms with Gasteiger partial charge in [-0.1, -0.05) is 20.8 Å². The molecule has 114 valence electrons. The SMILES string of the molecule is CCc1nc(C(C)NC(=O)NC(CCO)C(C)C)cs1. The number of nitrogens with one attached hydrogen (secondary N) is 2. The molecule has 1 aromatic heterocycles. The van der Waals surface area contributed by atoms with Crippen molar-refractivity contribution in [2.75, 3.05) is 6.61 Å². The first-order valence-electron chi connectivity index (χ1n) is 7.10. The van der Waals surface area contributed by atoms with Crippen molar-refractivity contribution in [1.82, 2.24) is 15.6 Å². The highest BCUT2D eigenvalue weighted by molar-refractivity contribution is 7.09. The molecule has 2 atom stereocenters. The van der Waals surface area contributed by atoms with E-state index >= 15 is 0 Å². The van der Waals surface area contributed by atoms with Gasteiger partial charge in [0.05, 0.1) is 16.7 Å². The van der Waals surface area contributed by atoms with Crippen LogP contribution in [0.1, 0.15) is 50.9 Å². The number of aryl methyl sites for hydroxylation is 1. The predicted octanol–water partition coefficient (Wildman–Crippen LogP) is 2.47. The Kier molecular flexibility index (Phi) is 6.95. The van der Waals surface area contributed by atoms with E-state index in [4.69, 9.17) is 5.11 Å². The van der Waals surface area contributed by atoms with E-state index in [1.165, 1.54) is 0 Å². The Morgan fingerprint density at radius 3 is 2.60 bits per heavy atom. The van der Waals surface area contributed by atoms with Gasteiger partial charge in [-0.2, -0.15) is 0 Å². The van der Waals surface area contributed by atoms with E-state index in [1.807, 2.05) is 26.2 Å². The van der Waals surface area contributed by atoms with Crippen LogP contribution in [0.4, 0.5) is 4.79 Å². The molecule has 0 bridgehead atoms. The maximum Gasteiger partial charge on any atom is 0.315 e. The van der Waals surface area contributed by atoms with Gasteiger partial charge in [-0.05, 0) is 25.7 Å². The molecule has 0 saturated heterocycles. The fourth-order valence-corrected chi connectivity index (χ4v) is 2.72. The van der Waals surface area contributed by atoms with E-state index in [2.05, 4.69) is 22.5 Å². The second-order valence-electron chi connectivity index (χ2n) is 5.22. The van der Waals surface area contributed by atoms with Crippen molar-refractivity contribution in [3.63, 3.8) is 0 Å². The summed E-state index contributed by atoms with van der Waals surface area (Å²) < 4.78 is 0. The lowest BCUT2D eigenvalue weighted by molar-refractivity contribution is 0.216. The number of amides is 2. The Balaban J connectivity index is 2.52. The Morgan fingerprint density at radius 2 is 2.10 bits per heavy atom. The number of carbonyl (C=O) groups is 1. The average Bonchev–Trinajstić information content (AvgIpc) is 2.86. The minimum absolute atomic E-state index is 0.0196. The molecule has 0 aliphatic rings. The quantitative estimate of drug-likeness (QED) is 0.724. The van der Waals surface area contributed by atoms with Crippen molar-refractivity contribution < 1.29 is 9.90 Å². The third kappa shape index (κ3) is 5.09. The molecule has 6 heteroatoms. The lowest BCUT2D eigenvalue weighted by atomic mass is 10.0. The predicted molar refractivity (Wildman–Crippen MR) is 81.9 cm³/mol. The van der Waals surface area contributed by atoms with E-state index < -0.39 is 0 Å². The average molecular weight is 299 g/mol. The normalized spacial score (nSPS) is 14.1. The Morgan fingerprint density at radius 1 is 1.40 bits per heavy atom. The summed E-state index contributed by atoms with van der Waals surface area (Å²) in [5.74, 6) is 0.286. The van der Waals surface area contributed by atoms with Crippen molar-refractivity contribution in [2.45, 2.75) is 52.6 Å². The number of aromatic nitrogens is 1. The molecule has 2 unspecified atom stereocenters. The molecular weight excluding hydrogens is 274 g/mol. The number of carbonyl (C=O) groups excluding carboxylic acids is 1. The first-order valence-corrected chi connectivity index (χ1v) is 7.98. The molecule has 3 N–H and O–H groups in total. The number of aliphatic hydroxyl groups is 1. The molecule has 20 heavy (non-hydrogen) atoms. The van der Waals surface area contributed by atoms with Crippen molar-refractivity contribution in [3.05, 3.63) is 16.1 Å². The van der Waals surface area contributed by atoms with Gasteiger partial charge in [0.15, 0.2) is 0 Å². The molecule has 5 nitrogen and oxygen atoms in total. The van der Waals surface area contributed by atoms with Crippen LogP contribution in [-0.2, 0) is 6.42 Å². The second-order valence-corrected chi connectivity index (χ2v) is 6.16. The maximum absolute atomic E-state index is 12.0. The van der Waals surface area contributed by atoms with Crippen LogP contribution in [-0.4, -0.2) is 28.8 Å². The number of hydrogen-bond donors (Lipinski definition) is 3. The summed E-state index contributed by atoms with van der Waals surface area (Å²) in [6, 6.07) is -0.349. The first kappa shape index (κ1) is 16.9. The van der Waals surface area contributed by atoms with Crippen LogP contribution in [0.15, 0.2) is 5.38 Å². The summed E-state index contributed by atoms with van der Waals surface area (Å²) in [6.45, 7) is 8.11. The number of hydrogen-bond acceptors (Lipinski definition) is 4. The summed E-state index contributed by atoms with van der Waals surface area (Å²) in [7, 11) is 0. The molecule has 0 radical (unpaired) electrons. The number of aliphatic hydroxyl groups excluding tert-OH is 1. The molecule has 1 heterocycles. The molecular formula is C14H25N3O2S. The second kappa shape index (κ2) is 8.21. The molecule has 1 aromatic rings. The summed E-state index contributed by atoms with van der Waals surface area (Å²) in [6.07, 6.45) is 1.48. The lowest BCUT2D eigenvalue weighted by Gasteiger charge is -2.23. The topological polar surface area (TPSA) is 74.2 Å². The van der Waals surface area contributed by atoms with Crippen molar-refractivity contribution in [3.8, 4) is 0 Å². The highest BCUT2D eigenvalue weighted by atomic mass is 32.1. The highest BCUT2D eigenvalue weighted by Crippen LogP contribution is 2.16. The summed E-state index contributed by atoms with van der Waals surface area (Å²) in [5.41, 5.74) is 0.894. The third-order valence-corrected chi connectivity index (χ3v) is 4.24. The van der Waals surface area contributed by atoms with Gasteiger partial charge >= 0.3 is 6.03 Å². The number of thiazole rings is 1. The Labute approximate surface area is 124 Å². The van der Waals surface area contributed by atoms with Gasteiger partial charge in [0, 0.05) is 18.0 Å². The summed E-state index contributed by atoms with van der Waals surface area (Å²) >= 11 is 1.62. The minimum atomic E-state index is -0.212. The summed E-state index contributed by atoms with van der Waals surface area (Å²) in [4.78, 5) is 16.4. The van der Waals surface area contributed by atoms with Gasteiger partial charge in [0.2, 0.25) is 0 Å². The fraction of sp³-hybridized carbons (Fsp3) is 0.714. The van der Waals surface area contributed by atoms with E-state index in [1.54, 1.807) is 11.3 Å². The summed E-state index contributed by atoms with van der Waals surface area (Å²) in [5, 5.41) is 17.9. The van der Waals surface area contributed by atoms with Crippen LogP contribution in [0.2, 0.25) is 0 Å². The van der Waals surface area contributed by atoms with Gasteiger partial charge in [0.25, 0.3) is 0 Å². The van der Waals surface area contributed by atoms with Crippen LogP contribution in [0.25, 0.3) is 0 Å². The zero-order chi connectivity index (χ0) is 15.1. The van der Waals surface area contributed by atoms with Crippen molar-refractivity contribution in [2.24, 2.45) is 5.92 Å². The van der Waals surface area contributed by atoms with Crippen LogP contribution >= 0.6 is 11.3 Å². The van der Waals surface area contributed by atoms with E-state index in [0.29, 0.717) is 6.42 Å². The van der Waals surface area contributed by atoms with Crippen molar-refractivity contribution >= 4 is 17.4 Å². The molecule has 2 amide bonds. The Hall–Kier alpha value is -1.14. The van der Waals surface area contributed by atoms with Crippen molar-refractivity contribution in [1.29, 1.82) is 0 Å². The maximum atomic E-state index is 12.0. The van der Waals surface area contributed by atoms with E-state index in [-0.39, 0.29) is 30.6 Å². The smallest absolute Gasteiger partial charge is 0.315 e. The Bertz CT molecular complexity index is 420. The van der Waals surface area contributed by atoms with Gasteiger partial charge in [0.1, 0.15) is 0 Å². The monoisotopic (exact) mass is 299 g/mol. The van der Waals surface area contributed by atoms with Crippen LogP contribution < -0.4 is 10.6 Å². The molecule has 0 saturated carbocycles. The first-order chi connectivity index (χ1) is 9.47. The number of nitrogens with zero attached hydrogens (tertiary/aromatic N) is 1. The van der Waals surface area contributed by atoms with Crippen LogP contribution in [0, 0.1) is 5.92 Å². The zero-order valence-corrected chi connectivity index (χ0v) is 13.5. The standard InChI is InChI=1S/C14H25N3O2S/c1-5-13-16-12(8-20-13)10(4)15-14(19)17-11(6-7-18)9(2)3/h8-11,18H,5-7H2,1-4H3,(H2,15,17,19). The minimum Gasteiger partial charge on any atom is -0.396 e. The largest absolute Gasteiger partial charge is 0.396 e. The van der Waals surface area contributed by atoms with Crippen LogP contribution in [0.3, 0.4) is 0 Å². The van der Waals surface area contributed by atoms with Gasteiger partial charge in [-0.15, -0.1) is 11.3 Å². The van der Waals surface area contributed by atoms with E-state index in [9.17, 15) is 4.79 Å². The molecule has 0 spiro atoms. The third-order valence-electron chi connectivity index (χ3n) is 3.22. The highest BCUT2D eigenvalue weighted by Gasteiger charge is 2.18. The molecule has 0 aliphatic heterocycles. The molecule has 0 aliphatic carbocycles. The lowest BCUT2D eigenvalue weighted by Crippen LogP contribution is -2.45. The van der Waals surface area contributed by atoms with Gasteiger partial charge < -0.3 is 15.7 Å². The fourth-order valence-electron chi connectivity index (χ4n) is 1.88.